The SMILES string of the molecule is CCc1cc(N2CCN(CC(C)(C)O)CC2C)nc(-c2ccc([N+](=O)[O-])cc2)n1. The molecule has 1 aromatic carbocycles. The van der Waals surface area contributed by atoms with Gasteiger partial charge in [-0.05, 0) is 39.3 Å². The molecule has 1 aliphatic rings. The number of benzene rings is 1. The second-order valence-electron chi connectivity index (χ2n) is 8.29. The normalized spacial score (nSPS) is 18.1. The van der Waals surface area contributed by atoms with Gasteiger partial charge in [0.25, 0.3) is 5.69 Å². The van der Waals surface area contributed by atoms with E-state index in [0.29, 0.717) is 12.4 Å². The first kappa shape index (κ1) is 21.1. The summed E-state index contributed by atoms with van der Waals surface area (Å²) in [5.41, 5.74) is 1.04. The summed E-state index contributed by atoms with van der Waals surface area (Å²) >= 11 is 0. The molecule has 2 heterocycles. The molecule has 2 aromatic rings. The number of aryl methyl sites for hydroxylation is 1. The van der Waals surface area contributed by atoms with Crippen molar-refractivity contribution in [3.8, 4) is 11.4 Å². The van der Waals surface area contributed by atoms with Gasteiger partial charge in [-0.25, -0.2) is 9.97 Å². The van der Waals surface area contributed by atoms with Crippen molar-refractivity contribution in [1.29, 1.82) is 0 Å². The molecule has 1 aromatic heterocycles. The first-order valence-electron chi connectivity index (χ1n) is 10.0. The number of nitrogens with zero attached hydrogens (tertiary/aromatic N) is 5. The van der Waals surface area contributed by atoms with E-state index >= 15 is 0 Å². The van der Waals surface area contributed by atoms with Crippen molar-refractivity contribution < 1.29 is 10.0 Å². The molecule has 0 aliphatic carbocycles. The van der Waals surface area contributed by atoms with E-state index in [2.05, 4.69) is 28.6 Å². The van der Waals surface area contributed by atoms with Crippen LogP contribution < -0.4 is 4.90 Å². The average molecular weight is 399 g/mol. The summed E-state index contributed by atoms with van der Waals surface area (Å²) in [6, 6.07) is 8.62. The van der Waals surface area contributed by atoms with Gasteiger partial charge >= 0.3 is 0 Å². The number of hydrogen-bond acceptors (Lipinski definition) is 7. The van der Waals surface area contributed by atoms with Crippen LogP contribution in [-0.4, -0.2) is 62.7 Å². The Balaban J connectivity index is 1.85. The van der Waals surface area contributed by atoms with E-state index in [1.807, 2.05) is 19.9 Å². The van der Waals surface area contributed by atoms with Crippen molar-refractivity contribution in [1.82, 2.24) is 14.9 Å². The molecule has 156 valence electrons. The number of nitro groups is 1. The van der Waals surface area contributed by atoms with Crippen LogP contribution in [0.4, 0.5) is 11.5 Å². The molecule has 1 N–H and O–H groups in total. The first-order chi connectivity index (χ1) is 13.7. The van der Waals surface area contributed by atoms with E-state index in [1.54, 1.807) is 12.1 Å². The van der Waals surface area contributed by atoms with Crippen molar-refractivity contribution in [2.75, 3.05) is 31.1 Å². The minimum atomic E-state index is -0.713. The van der Waals surface area contributed by atoms with Crippen molar-refractivity contribution in [2.45, 2.75) is 45.8 Å². The molecule has 1 saturated heterocycles. The largest absolute Gasteiger partial charge is 0.389 e. The molecular weight excluding hydrogens is 370 g/mol. The van der Waals surface area contributed by atoms with E-state index < -0.39 is 10.5 Å². The molecule has 3 rings (SSSR count). The number of piperazine rings is 1. The predicted molar refractivity (Wildman–Crippen MR) is 113 cm³/mol. The molecule has 1 aliphatic heterocycles. The van der Waals surface area contributed by atoms with E-state index in [-0.39, 0.29) is 11.7 Å². The molecule has 0 amide bonds. The van der Waals surface area contributed by atoms with Gasteiger partial charge in [0, 0.05) is 61.7 Å². The lowest BCUT2D eigenvalue weighted by atomic mass is 10.1. The van der Waals surface area contributed by atoms with Crippen LogP contribution in [0.2, 0.25) is 0 Å². The standard InChI is InChI=1S/C21H29N5O3/c1-5-17-12-19(25-11-10-24(13-15(25)2)14-21(3,4)27)23-20(22-17)16-6-8-18(9-7-16)26(28)29/h6-9,12,15,27H,5,10-11,13-14H2,1-4H3. The number of nitro benzene ring substituents is 1. The van der Waals surface area contributed by atoms with Gasteiger partial charge in [-0.3, -0.25) is 15.0 Å². The summed E-state index contributed by atoms with van der Waals surface area (Å²) in [5, 5.41) is 21.0. The zero-order chi connectivity index (χ0) is 21.2. The molecule has 1 atom stereocenters. The quantitative estimate of drug-likeness (QED) is 0.589. The molecule has 0 bridgehead atoms. The molecular formula is C21H29N5O3. The maximum absolute atomic E-state index is 10.9. The van der Waals surface area contributed by atoms with Gasteiger partial charge in [0.1, 0.15) is 5.82 Å². The van der Waals surface area contributed by atoms with Crippen molar-refractivity contribution in [3.63, 3.8) is 0 Å². The summed E-state index contributed by atoms with van der Waals surface area (Å²) in [6.07, 6.45) is 0.780. The Labute approximate surface area is 171 Å². The Morgan fingerprint density at radius 2 is 1.93 bits per heavy atom. The van der Waals surface area contributed by atoms with Crippen molar-refractivity contribution in [2.24, 2.45) is 0 Å². The molecule has 1 unspecified atom stereocenters. The lowest BCUT2D eigenvalue weighted by Gasteiger charge is -2.42. The fraction of sp³-hybridized carbons (Fsp3) is 0.524. The van der Waals surface area contributed by atoms with Crippen LogP contribution in [0.5, 0.6) is 0 Å². The van der Waals surface area contributed by atoms with Gasteiger partial charge in [-0.1, -0.05) is 6.92 Å². The van der Waals surface area contributed by atoms with Crippen molar-refractivity contribution in [3.05, 3.63) is 46.1 Å². The Hall–Kier alpha value is -2.58. The second kappa shape index (κ2) is 8.42. The maximum atomic E-state index is 10.9. The molecule has 8 nitrogen and oxygen atoms in total. The van der Waals surface area contributed by atoms with Gasteiger partial charge in [0.05, 0.1) is 10.5 Å². The van der Waals surface area contributed by atoms with Gasteiger partial charge in [-0.15, -0.1) is 0 Å². The third-order valence-electron chi connectivity index (χ3n) is 5.08. The highest BCUT2D eigenvalue weighted by Gasteiger charge is 2.28. The van der Waals surface area contributed by atoms with Crippen LogP contribution >= 0.6 is 0 Å². The van der Waals surface area contributed by atoms with Crippen LogP contribution in [0, 0.1) is 10.1 Å². The lowest BCUT2D eigenvalue weighted by Crippen LogP contribution is -2.55. The first-order valence-corrected chi connectivity index (χ1v) is 10.0. The molecule has 0 spiro atoms. The Bertz CT molecular complexity index is 864. The number of aliphatic hydroxyl groups is 1. The molecule has 29 heavy (non-hydrogen) atoms. The highest BCUT2D eigenvalue weighted by Crippen LogP contribution is 2.25. The van der Waals surface area contributed by atoms with E-state index in [1.165, 1.54) is 12.1 Å². The number of non-ortho nitro benzene ring substituents is 1. The maximum Gasteiger partial charge on any atom is 0.269 e. The van der Waals surface area contributed by atoms with Crippen molar-refractivity contribution >= 4 is 11.5 Å². The number of anilines is 1. The summed E-state index contributed by atoms with van der Waals surface area (Å²) in [6.45, 7) is 11.0. The lowest BCUT2D eigenvalue weighted by molar-refractivity contribution is -0.384. The smallest absolute Gasteiger partial charge is 0.269 e. The molecule has 8 heteroatoms. The Morgan fingerprint density at radius 1 is 1.24 bits per heavy atom. The number of rotatable bonds is 6. The van der Waals surface area contributed by atoms with Crippen LogP contribution in [0.3, 0.4) is 0 Å². The average Bonchev–Trinajstić information content (AvgIpc) is 2.66. The van der Waals surface area contributed by atoms with Gasteiger partial charge in [-0.2, -0.15) is 0 Å². The Kier molecular flexibility index (Phi) is 6.14. The molecule has 0 radical (unpaired) electrons. The Morgan fingerprint density at radius 3 is 2.48 bits per heavy atom. The fourth-order valence-electron chi connectivity index (χ4n) is 3.74. The van der Waals surface area contributed by atoms with Crippen LogP contribution in [0.15, 0.2) is 30.3 Å². The highest BCUT2D eigenvalue weighted by molar-refractivity contribution is 5.60. The fourth-order valence-corrected chi connectivity index (χ4v) is 3.74. The predicted octanol–water partition coefficient (Wildman–Crippen LogP) is 2.90. The van der Waals surface area contributed by atoms with Gasteiger partial charge in [0.2, 0.25) is 0 Å². The summed E-state index contributed by atoms with van der Waals surface area (Å²) in [4.78, 5) is 24.5. The van der Waals surface area contributed by atoms with E-state index in [0.717, 1.165) is 43.1 Å². The van der Waals surface area contributed by atoms with E-state index in [9.17, 15) is 15.2 Å². The third kappa shape index (κ3) is 5.27. The number of hydrogen-bond donors (Lipinski definition) is 1. The minimum Gasteiger partial charge on any atom is -0.389 e. The zero-order valence-electron chi connectivity index (χ0n) is 17.5. The minimum absolute atomic E-state index is 0.0529. The van der Waals surface area contributed by atoms with Crippen LogP contribution in [-0.2, 0) is 6.42 Å². The molecule has 0 saturated carbocycles. The number of β-amino-alcohol motifs (C(OH)–C–C–N with tert-alkyl or cyclic N) is 1. The monoisotopic (exact) mass is 399 g/mol. The summed E-state index contributed by atoms with van der Waals surface area (Å²) in [5.74, 6) is 1.46. The van der Waals surface area contributed by atoms with Gasteiger partial charge in [0.15, 0.2) is 5.82 Å². The molecule has 1 fully saturated rings. The van der Waals surface area contributed by atoms with Crippen LogP contribution in [0.1, 0.15) is 33.4 Å². The van der Waals surface area contributed by atoms with Gasteiger partial charge < -0.3 is 10.0 Å². The topological polar surface area (TPSA) is 95.6 Å². The van der Waals surface area contributed by atoms with E-state index in [4.69, 9.17) is 4.98 Å². The number of aromatic nitrogens is 2. The third-order valence-corrected chi connectivity index (χ3v) is 5.08. The zero-order valence-corrected chi connectivity index (χ0v) is 17.5. The highest BCUT2D eigenvalue weighted by atomic mass is 16.6. The van der Waals surface area contributed by atoms with Crippen LogP contribution in [0.25, 0.3) is 11.4 Å². The summed E-state index contributed by atoms with van der Waals surface area (Å²) < 4.78 is 0. The second-order valence-corrected chi connectivity index (χ2v) is 8.29. The summed E-state index contributed by atoms with van der Waals surface area (Å²) in [7, 11) is 0.